The molecular formula is C28H23N3O6S. The first-order chi connectivity index (χ1) is 18.2. The molecule has 0 radical (unpaired) electrons. The van der Waals surface area contributed by atoms with Crippen molar-refractivity contribution in [1.29, 1.82) is 0 Å². The third-order valence-corrected chi connectivity index (χ3v) is 7.34. The normalized spacial score (nSPS) is 17.5. The molecule has 38 heavy (non-hydrogen) atoms. The van der Waals surface area contributed by atoms with E-state index in [4.69, 9.17) is 9.47 Å². The summed E-state index contributed by atoms with van der Waals surface area (Å²) in [4.78, 5) is 58.2. The van der Waals surface area contributed by atoms with Gasteiger partial charge in [-0.2, -0.15) is 0 Å². The second-order valence-electron chi connectivity index (χ2n) is 8.71. The number of carbonyl (C=O) groups excluding carboxylic acids is 3. The van der Waals surface area contributed by atoms with Crippen molar-refractivity contribution in [3.8, 4) is 5.75 Å². The van der Waals surface area contributed by atoms with Gasteiger partial charge in [-0.25, -0.2) is 9.79 Å². The average Bonchev–Trinajstić information content (AvgIpc) is 3.34. The molecule has 0 saturated heterocycles. The van der Waals surface area contributed by atoms with Crippen molar-refractivity contribution in [3.05, 3.63) is 103 Å². The van der Waals surface area contributed by atoms with Gasteiger partial charge in [0.25, 0.3) is 11.5 Å². The number of esters is 2. The molecule has 0 saturated carbocycles. The lowest BCUT2D eigenvalue weighted by Gasteiger charge is -2.24. The van der Waals surface area contributed by atoms with E-state index in [1.165, 1.54) is 22.5 Å². The van der Waals surface area contributed by atoms with E-state index in [0.29, 0.717) is 38.6 Å². The molecule has 2 aromatic carbocycles. The first-order valence-electron chi connectivity index (χ1n) is 11.7. The van der Waals surface area contributed by atoms with Crippen LogP contribution >= 0.6 is 11.3 Å². The van der Waals surface area contributed by atoms with Crippen LogP contribution in [0.4, 0.5) is 5.69 Å². The fourth-order valence-electron chi connectivity index (χ4n) is 4.63. The Bertz CT molecular complexity index is 1730. The van der Waals surface area contributed by atoms with Crippen LogP contribution in [0.15, 0.2) is 82.2 Å². The lowest BCUT2D eigenvalue weighted by atomic mass is 9.96. The van der Waals surface area contributed by atoms with Gasteiger partial charge in [0.2, 0.25) is 0 Å². The minimum Gasteiger partial charge on any atom is -0.458 e. The number of hydrogen-bond acceptors (Lipinski definition) is 8. The highest BCUT2D eigenvalue weighted by Gasteiger charge is 2.36. The summed E-state index contributed by atoms with van der Waals surface area (Å²) >= 11 is 1.10. The van der Waals surface area contributed by atoms with Crippen LogP contribution in [-0.4, -0.2) is 36.1 Å². The lowest BCUT2D eigenvalue weighted by Crippen LogP contribution is -2.40. The highest BCUT2D eigenvalue weighted by Crippen LogP contribution is 2.35. The van der Waals surface area contributed by atoms with Crippen molar-refractivity contribution in [2.75, 3.05) is 18.6 Å². The van der Waals surface area contributed by atoms with Crippen LogP contribution in [0, 0.1) is 0 Å². The number of carbonyl (C=O) groups is 3. The summed E-state index contributed by atoms with van der Waals surface area (Å²) in [6.07, 6.45) is 1.45. The standard InChI is InChI=1S/C28H23N3O6S/c1-5-14-36-27(35)21-15(2)29-28-31(23(21)17-10-12-18(13-11-17)37-16(3)32)26(34)24(38-28)22-19-8-6-7-9-20(19)30(4)25(22)33/h5-13,23H,1,14H2,2-4H3/b24-22+/t23-/m1/s1. The van der Waals surface area contributed by atoms with Gasteiger partial charge < -0.3 is 14.4 Å². The van der Waals surface area contributed by atoms with Crippen LogP contribution in [0.5, 0.6) is 5.75 Å². The van der Waals surface area contributed by atoms with Crippen molar-refractivity contribution < 1.29 is 23.9 Å². The van der Waals surface area contributed by atoms with Gasteiger partial charge in [-0.05, 0) is 30.7 Å². The summed E-state index contributed by atoms with van der Waals surface area (Å²) in [5, 5.41) is 0. The SMILES string of the molecule is C=CCOC(=O)C1=C(C)N=c2s/c(=C3/C(=O)N(C)c4ccccc43)c(=O)n2[C@@H]1c1ccc(OC(C)=O)cc1. The van der Waals surface area contributed by atoms with Crippen LogP contribution in [0.2, 0.25) is 0 Å². The van der Waals surface area contributed by atoms with Crippen LogP contribution < -0.4 is 24.5 Å². The Balaban J connectivity index is 1.76. The number of amides is 1. The van der Waals surface area contributed by atoms with Gasteiger partial charge in [-0.3, -0.25) is 19.0 Å². The molecule has 9 nitrogen and oxygen atoms in total. The summed E-state index contributed by atoms with van der Waals surface area (Å²) in [6, 6.07) is 12.9. The van der Waals surface area contributed by atoms with Crippen molar-refractivity contribution in [2.24, 2.45) is 4.99 Å². The molecule has 1 atom stereocenters. The fraction of sp³-hybridized carbons (Fsp3) is 0.179. The van der Waals surface area contributed by atoms with Crippen molar-refractivity contribution in [2.45, 2.75) is 19.9 Å². The zero-order valence-electron chi connectivity index (χ0n) is 20.9. The molecule has 2 aliphatic rings. The molecule has 3 heterocycles. The number of thiazole rings is 1. The van der Waals surface area contributed by atoms with Gasteiger partial charge >= 0.3 is 11.9 Å². The van der Waals surface area contributed by atoms with E-state index in [1.807, 2.05) is 18.2 Å². The molecule has 10 heteroatoms. The highest BCUT2D eigenvalue weighted by atomic mass is 32.1. The monoisotopic (exact) mass is 529 g/mol. The molecule has 2 aliphatic heterocycles. The number of allylic oxidation sites excluding steroid dienone is 1. The van der Waals surface area contributed by atoms with Crippen LogP contribution in [0.25, 0.3) is 5.57 Å². The topological polar surface area (TPSA) is 107 Å². The van der Waals surface area contributed by atoms with Crippen LogP contribution in [0.3, 0.4) is 0 Å². The molecule has 3 aromatic rings. The largest absolute Gasteiger partial charge is 0.458 e. The Morgan fingerprint density at radius 3 is 2.53 bits per heavy atom. The predicted octanol–water partition coefficient (Wildman–Crippen LogP) is 2.24. The van der Waals surface area contributed by atoms with Crippen molar-refractivity contribution in [1.82, 2.24) is 4.57 Å². The number of ether oxygens (including phenoxy) is 2. The number of hydrogen-bond donors (Lipinski definition) is 0. The number of fused-ring (bicyclic) bond motifs is 2. The number of benzene rings is 2. The van der Waals surface area contributed by atoms with Crippen LogP contribution in [0.1, 0.15) is 31.0 Å². The van der Waals surface area contributed by atoms with Gasteiger partial charge in [-0.15, -0.1) is 0 Å². The maximum absolute atomic E-state index is 14.0. The first kappa shape index (κ1) is 25.1. The van der Waals surface area contributed by atoms with Gasteiger partial charge in [0.15, 0.2) is 4.80 Å². The number of aromatic nitrogens is 1. The molecule has 192 valence electrons. The molecule has 1 amide bonds. The minimum atomic E-state index is -0.881. The predicted molar refractivity (Wildman–Crippen MR) is 141 cm³/mol. The highest BCUT2D eigenvalue weighted by molar-refractivity contribution is 7.07. The minimum absolute atomic E-state index is 0.0140. The molecule has 0 bridgehead atoms. The van der Waals surface area contributed by atoms with E-state index >= 15 is 0 Å². The number of likely N-dealkylation sites (N-methyl/N-ethyl adjacent to an activating group) is 1. The molecule has 0 spiro atoms. The first-order valence-corrected chi connectivity index (χ1v) is 12.5. The van der Waals surface area contributed by atoms with Crippen molar-refractivity contribution >= 4 is 40.4 Å². The Kier molecular flexibility index (Phi) is 6.41. The Morgan fingerprint density at radius 2 is 1.84 bits per heavy atom. The summed E-state index contributed by atoms with van der Waals surface area (Å²) in [5.74, 6) is -1.08. The third kappa shape index (κ3) is 4.08. The number of anilines is 1. The second-order valence-corrected chi connectivity index (χ2v) is 9.69. The molecule has 5 rings (SSSR count). The summed E-state index contributed by atoms with van der Waals surface area (Å²) in [7, 11) is 1.66. The number of nitrogens with zero attached hydrogens (tertiary/aromatic N) is 3. The summed E-state index contributed by atoms with van der Waals surface area (Å²) in [5.41, 5.74) is 2.38. The van der Waals surface area contributed by atoms with Crippen molar-refractivity contribution in [3.63, 3.8) is 0 Å². The van der Waals surface area contributed by atoms with Crippen LogP contribution in [-0.2, 0) is 19.1 Å². The van der Waals surface area contributed by atoms with E-state index < -0.39 is 23.5 Å². The Morgan fingerprint density at radius 1 is 1.13 bits per heavy atom. The van der Waals surface area contributed by atoms with Gasteiger partial charge in [0.1, 0.15) is 16.9 Å². The molecule has 0 N–H and O–H groups in total. The van der Waals surface area contributed by atoms with E-state index in [1.54, 1.807) is 44.3 Å². The fourth-order valence-corrected chi connectivity index (χ4v) is 5.77. The lowest BCUT2D eigenvalue weighted by molar-refractivity contribution is -0.138. The zero-order chi connectivity index (χ0) is 27.1. The van der Waals surface area contributed by atoms with Gasteiger partial charge in [0.05, 0.1) is 28.6 Å². The smallest absolute Gasteiger partial charge is 0.338 e. The zero-order valence-corrected chi connectivity index (χ0v) is 21.7. The maximum Gasteiger partial charge on any atom is 0.338 e. The summed E-state index contributed by atoms with van der Waals surface area (Å²) < 4.78 is 12.1. The Labute approximate surface area is 221 Å². The molecular weight excluding hydrogens is 506 g/mol. The van der Waals surface area contributed by atoms with E-state index in [0.717, 1.165) is 11.3 Å². The maximum atomic E-state index is 14.0. The van der Waals surface area contributed by atoms with E-state index in [9.17, 15) is 19.2 Å². The van der Waals surface area contributed by atoms with Gasteiger partial charge in [0, 0.05) is 19.5 Å². The molecule has 0 fully saturated rings. The van der Waals surface area contributed by atoms with E-state index in [2.05, 4.69) is 11.6 Å². The number of rotatable bonds is 5. The quantitative estimate of drug-likeness (QED) is 0.285. The average molecular weight is 530 g/mol. The van der Waals surface area contributed by atoms with Gasteiger partial charge in [-0.1, -0.05) is 54.3 Å². The third-order valence-electron chi connectivity index (χ3n) is 6.29. The Hall–Kier alpha value is -4.57. The van der Waals surface area contributed by atoms with E-state index in [-0.39, 0.29) is 22.6 Å². The molecule has 1 aromatic heterocycles. The molecule has 0 unspecified atom stereocenters. The molecule has 0 aliphatic carbocycles. The number of para-hydroxylation sites is 1. The summed E-state index contributed by atoms with van der Waals surface area (Å²) in [6.45, 7) is 6.55. The second kappa shape index (κ2) is 9.71.